The molecule has 3 fully saturated rings. The zero-order chi connectivity index (χ0) is 30.8. The van der Waals surface area contributed by atoms with E-state index in [0.29, 0.717) is 17.4 Å². The number of allylic oxidation sites excluding steroid dienone is 1. The van der Waals surface area contributed by atoms with Crippen molar-refractivity contribution in [2.24, 2.45) is 46.3 Å². The third-order valence-corrected chi connectivity index (χ3v) is 12.1. The summed E-state index contributed by atoms with van der Waals surface area (Å²) in [7, 11) is 1.75. The van der Waals surface area contributed by atoms with E-state index in [1.165, 1.54) is 64.2 Å². The van der Waals surface area contributed by atoms with E-state index in [9.17, 15) is 4.79 Å². The number of ether oxygens (including phenoxy) is 2. The number of carbonyl (C=O) groups excluding carboxylic acids is 1. The van der Waals surface area contributed by atoms with Gasteiger partial charge in [0.2, 0.25) is 0 Å². The van der Waals surface area contributed by atoms with Gasteiger partial charge in [0, 0.05) is 28.1 Å². The molecule has 0 aromatic heterocycles. The summed E-state index contributed by atoms with van der Waals surface area (Å²) >= 11 is 0. The molecule has 0 aromatic rings. The fourth-order valence-corrected chi connectivity index (χ4v) is 9.86. The minimum Gasteiger partial charge on any atom is -0.446 e. The van der Waals surface area contributed by atoms with E-state index in [1.807, 2.05) is 0 Å². The van der Waals surface area contributed by atoms with Crippen molar-refractivity contribution in [1.82, 2.24) is 5.32 Å². The normalized spacial score (nSPS) is 34.3. The van der Waals surface area contributed by atoms with Gasteiger partial charge in [0.25, 0.3) is 0 Å². The molecule has 3 saturated carbocycles. The summed E-state index contributed by atoms with van der Waals surface area (Å²) in [5, 5.41) is 3.00. The van der Waals surface area contributed by atoms with Crippen LogP contribution in [0.4, 0.5) is 4.79 Å². The van der Waals surface area contributed by atoms with E-state index in [1.54, 1.807) is 12.7 Å². The van der Waals surface area contributed by atoms with Crippen molar-refractivity contribution < 1.29 is 15.7 Å². The number of hydrogen-bond donors (Lipinski definition) is 1. The minimum atomic E-state index is -0.220. The molecule has 1 amide bonds. The summed E-state index contributed by atoms with van der Waals surface area (Å²) in [6.07, 6.45) is 22.4. The topological polar surface area (TPSA) is 47.6 Å². The molecule has 0 heterocycles. The molecule has 8 atom stereocenters. The third kappa shape index (κ3) is 8.79. The maximum Gasteiger partial charge on any atom is 0.407 e. The minimum absolute atomic E-state index is 0. The van der Waals surface area contributed by atoms with Crippen molar-refractivity contribution in [3.8, 4) is 0 Å². The van der Waals surface area contributed by atoms with Crippen molar-refractivity contribution in [3.05, 3.63) is 11.6 Å². The Hall–Kier alpha value is -1.03. The molecule has 4 heteroatoms. The molecule has 0 aliphatic heterocycles. The Labute approximate surface area is 262 Å². The van der Waals surface area contributed by atoms with E-state index < -0.39 is 0 Å². The summed E-state index contributed by atoms with van der Waals surface area (Å²) in [5.74, 6) is 5.20. The first kappa shape index (κ1) is 35.4. The molecule has 4 nitrogen and oxygen atoms in total. The number of nitrogens with one attached hydrogen (secondary N) is 1. The Bertz CT molecular complexity index is 845. The molecule has 0 aromatic carbocycles. The number of carbonyl (C=O) groups is 1. The van der Waals surface area contributed by atoms with Crippen LogP contribution in [0.2, 0.25) is 0 Å². The van der Waals surface area contributed by atoms with Crippen LogP contribution in [0, 0.1) is 46.3 Å². The van der Waals surface area contributed by atoms with Crippen LogP contribution < -0.4 is 5.32 Å². The molecule has 1 N–H and O–H groups in total. The number of fused-ring (bicyclic) bond motifs is 5. The molecule has 4 rings (SSSR count). The van der Waals surface area contributed by atoms with Crippen LogP contribution in [-0.2, 0) is 9.47 Å². The SMILES string of the molecule is CCC.COCCCCCCNC(=O)O[C@H]1CC[C@@]2(C)C(=CCC3C4CCC([C@H](C)CCCC(C)C)[C@@]4(C)CCC32)C1.[HH]. The lowest BCUT2D eigenvalue weighted by Gasteiger charge is -2.58. The molecule has 4 unspecified atom stereocenters. The van der Waals surface area contributed by atoms with E-state index >= 15 is 0 Å². The number of amides is 1. The molecule has 0 saturated heterocycles. The van der Waals surface area contributed by atoms with Gasteiger partial charge in [-0.2, -0.15) is 0 Å². The van der Waals surface area contributed by atoms with Crippen LogP contribution in [0.1, 0.15) is 153 Å². The smallest absolute Gasteiger partial charge is 0.407 e. The second kappa shape index (κ2) is 16.9. The highest BCUT2D eigenvalue weighted by atomic mass is 16.6. The lowest BCUT2D eigenvalue weighted by atomic mass is 9.47. The molecule has 42 heavy (non-hydrogen) atoms. The van der Waals surface area contributed by atoms with Gasteiger partial charge in [-0.1, -0.05) is 98.6 Å². The highest BCUT2D eigenvalue weighted by molar-refractivity contribution is 5.67. The first-order valence-corrected chi connectivity index (χ1v) is 18.2. The van der Waals surface area contributed by atoms with Gasteiger partial charge in [-0.15, -0.1) is 0 Å². The summed E-state index contributed by atoms with van der Waals surface area (Å²) < 4.78 is 11.0. The molecule has 246 valence electrons. The highest BCUT2D eigenvalue weighted by Crippen LogP contribution is 2.67. The zero-order valence-electron chi connectivity index (χ0n) is 29.1. The molecule has 0 spiro atoms. The number of hydrogen-bond acceptors (Lipinski definition) is 3. The van der Waals surface area contributed by atoms with Gasteiger partial charge < -0.3 is 14.8 Å². The summed E-state index contributed by atoms with van der Waals surface area (Å²) in [6.45, 7) is 18.4. The fourth-order valence-electron chi connectivity index (χ4n) is 9.86. The predicted molar refractivity (Wildman–Crippen MR) is 180 cm³/mol. The van der Waals surface area contributed by atoms with E-state index in [-0.39, 0.29) is 13.6 Å². The van der Waals surface area contributed by atoms with Crippen molar-refractivity contribution in [3.63, 3.8) is 0 Å². The van der Waals surface area contributed by atoms with E-state index in [0.717, 1.165) is 80.6 Å². The highest BCUT2D eigenvalue weighted by Gasteiger charge is 2.59. The fraction of sp³-hybridized carbons (Fsp3) is 0.921. The Kier molecular flexibility index (Phi) is 14.2. The van der Waals surface area contributed by atoms with E-state index in [4.69, 9.17) is 9.47 Å². The van der Waals surface area contributed by atoms with Gasteiger partial charge in [0.15, 0.2) is 0 Å². The second-order valence-corrected chi connectivity index (χ2v) is 15.6. The molecule has 4 aliphatic carbocycles. The first-order chi connectivity index (χ1) is 20.1. The third-order valence-electron chi connectivity index (χ3n) is 12.1. The maximum atomic E-state index is 12.5. The number of methoxy groups -OCH3 is 1. The van der Waals surface area contributed by atoms with Crippen molar-refractivity contribution in [2.75, 3.05) is 20.3 Å². The second-order valence-electron chi connectivity index (χ2n) is 15.6. The maximum absolute atomic E-state index is 12.5. The Morgan fingerprint density at radius 3 is 2.43 bits per heavy atom. The summed E-state index contributed by atoms with van der Waals surface area (Å²) in [4.78, 5) is 12.5. The monoisotopic (exact) mass is 590 g/mol. The quantitative estimate of drug-likeness (QED) is 0.172. The van der Waals surface area contributed by atoms with Crippen molar-refractivity contribution in [1.29, 1.82) is 0 Å². The van der Waals surface area contributed by atoms with Crippen molar-refractivity contribution in [2.45, 2.75) is 157 Å². The van der Waals surface area contributed by atoms with Gasteiger partial charge in [-0.05, 0) is 104 Å². The molecule has 4 aliphatic rings. The van der Waals surface area contributed by atoms with Crippen LogP contribution >= 0.6 is 0 Å². The summed E-state index contributed by atoms with van der Waals surface area (Å²) in [5.41, 5.74) is 2.46. The van der Waals surface area contributed by atoms with Crippen LogP contribution in [0.5, 0.6) is 0 Å². The predicted octanol–water partition coefficient (Wildman–Crippen LogP) is 11.0. The first-order valence-electron chi connectivity index (χ1n) is 18.2. The average molecular weight is 590 g/mol. The van der Waals surface area contributed by atoms with Gasteiger partial charge in [0.1, 0.15) is 6.10 Å². The van der Waals surface area contributed by atoms with Crippen LogP contribution in [-0.4, -0.2) is 32.5 Å². The number of rotatable bonds is 13. The van der Waals surface area contributed by atoms with Crippen LogP contribution in [0.25, 0.3) is 0 Å². The summed E-state index contributed by atoms with van der Waals surface area (Å²) in [6, 6.07) is 0. The molecule has 0 bridgehead atoms. The van der Waals surface area contributed by atoms with Crippen molar-refractivity contribution >= 4 is 6.09 Å². The molecular formula is C38H71NO3. The van der Waals surface area contributed by atoms with Gasteiger partial charge in [-0.25, -0.2) is 4.79 Å². The number of unbranched alkanes of at least 4 members (excludes halogenated alkanes) is 3. The van der Waals surface area contributed by atoms with Gasteiger partial charge in [0.05, 0.1) is 0 Å². The average Bonchev–Trinajstić information content (AvgIpc) is 3.30. The standard InChI is InChI=1S/C35H61NO3.C3H8.H2/c1-25(2)12-11-13-26(3)30-16-17-31-29-15-14-27-24-28(39-33(37)36-22-9-7-8-10-23-38-6)18-20-34(27,4)32(29)19-21-35(30,31)5;1-3-2;/h14,25-26,28-32H,7-13,15-24H2,1-6H3,(H,36,37);3H2,1-2H3;1H/t26-,28+,29?,30?,31?,32?,34+,35-;;/m1../s1. The lowest BCUT2D eigenvalue weighted by Crippen LogP contribution is -2.51. The van der Waals surface area contributed by atoms with Gasteiger partial charge >= 0.3 is 6.09 Å². The Balaban J connectivity index is 0.00000155. The van der Waals surface area contributed by atoms with Crippen LogP contribution in [0.15, 0.2) is 11.6 Å². The number of alkyl carbamates (subject to hydrolysis) is 1. The Morgan fingerprint density at radius 2 is 1.71 bits per heavy atom. The molecule has 0 radical (unpaired) electrons. The lowest BCUT2D eigenvalue weighted by molar-refractivity contribution is -0.0581. The van der Waals surface area contributed by atoms with Gasteiger partial charge in [-0.3, -0.25) is 0 Å². The Morgan fingerprint density at radius 1 is 0.976 bits per heavy atom. The van der Waals surface area contributed by atoms with E-state index in [2.05, 4.69) is 59.9 Å². The van der Waals surface area contributed by atoms with Crippen LogP contribution in [0.3, 0.4) is 0 Å². The zero-order valence-corrected chi connectivity index (χ0v) is 29.1. The molecular weight excluding hydrogens is 518 g/mol. The largest absolute Gasteiger partial charge is 0.446 e.